The van der Waals surface area contributed by atoms with Gasteiger partial charge in [0.1, 0.15) is 17.7 Å². The second-order valence-corrected chi connectivity index (χ2v) is 30.9. The topological polar surface area (TPSA) is 63.9 Å². The van der Waals surface area contributed by atoms with Crippen molar-refractivity contribution in [1.29, 1.82) is 10.5 Å². The van der Waals surface area contributed by atoms with Crippen LogP contribution >= 0.6 is 0 Å². The molecule has 0 amide bonds. The molecular formula is C90H77BN6. The third-order valence-electron chi connectivity index (χ3n) is 20.6. The number of anilines is 6. The van der Waals surface area contributed by atoms with Crippen LogP contribution in [0.3, 0.4) is 0 Å². The molecule has 16 rings (SSSR count). The Morgan fingerprint density at radius 3 is 1.12 bits per heavy atom. The van der Waals surface area contributed by atoms with Crippen LogP contribution in [0.2, 0.25) is 0 Å². The third-order valence-corrected chi connectivity index (χ3v) is 20.6. The lowest BCUT2D eigenvalue weighted by molar-refractivity contribution is 0.568. The van der Waals surface area contributed by atoms with Crippen LogP contribution in [0.25, 0.3) is 88.4 Å². The number of nitriles is 2. The molecular weight excluding hydrogens is 1180 g/mol. The first-order valence-corrected chi connectivity index (χ1v) is 34.0. The van der Waals surface area contributed by atoms with Gasteiger partial charge < -0.3 is 18.9 Å². The Hall–Kier alpha value is -11.1. The first-order valence-electron chi connectivity index (χ1n) is 34.0. The monoisotopic (exact) mass is 1250 g/mol. The summed E-state index contributed by atoms with van der Waals surface area (Å²) in [4.78, 5) is 4.92. The van der Waals surface area contributed by atoms with E-state index in [-0.39, 0.29) is 28.4 Å². The zero-order valence-corrected chi connectivity index (χ0v) is 57.4. The minimum Gasteiger partial charge on any atom is -0.311 e. The van der Waals surface area contributed by atoms with Crippen LogP contribution < -0.4 is 26.2 Å². The summed E-state index contributed by atoms with van der Waals surface area (Å²) in [5.74, 6) is 0. The van der Waals surface area contributed by atoms with Crippen LogP contribution in [-0.4, -0.2) is 15.8 Å². The van der Waals surface area contributed by atoms with Crippen LogP contribution in [0.1, 0.15) is 116 Å². The summed E-state index contributed by atoms with van der Waals surface area (Å²) in [7, 11) is 0. The molecule has 0 fully saturated rings. The molecule has 0 saturated heterocycles. The molecule has 0 spiro atoms. The van der Waals surface area contributed by atoms with Gasteiger partial charge in [0.15, 0.2) is 0 Å². The number of fused-ring (bicyclic) bond motifs is 10. The van der Waals surface area contributed by atoms with E-state index in [2.05, 4.69) is 357 Å². The maximum atomic E-state index is 12.2. The first kappa shape index (κ1) is 60.8. The lowest BCUT2D eigenvalue weighted by Crippen LogP contribution is -2.61. The van der Waals surface area contributed by atoms with Crippen molar-refractivity contribution in [2.24, 2.45) is 0 Å². The van der Waals surface area contributed by atoms with Crippen molar-refractivity contribution in [2.75, 3.05) is 9.80 Å². The minimum atomic E-state index is -0.284. The SMILES string of the molecule is CC(C)(C)c1cc(-c2ccc3c(c2)N(c2ccc(C#N)c(-n4c5ccccc5c5ccccc54)c2)c2cc(-c4ccccc4)cc4c2B3c2ccc(-c3cc(C(C)(C)C)cc(C(C)(C)C)c3)cc2N4c2cccc(-n3c4ccccc4c4ccccc43)c2C#N)cc(C(C)(C)C)c1. The first-order chi connectivity index (χ1) is 46.5. The van der Waals surface area contributed by atoms with E-state index < -0.39 is 0 Å². The second-order valence-electron chi connectivity index (χ2n) is 30.9. The van der Waals surface area contributed by atoms with Crippen molar-refractivity contribution in [2.45, 2.75) is 105 Å². The van der Waals surface area contributed by atoms with Crippen LogP contribution in [0, 0.1) is 22.7 Å². The fourth-order valence-corrected chi connectivity index (χ4v) is 15.3. The van der Waals surface area contributed by atoms with E-state index in [1.54, 1.807) is 0 Å². The maximum absolute atomic E-state index is 12.2. The highest BCUT2D eigenvalue weighted by Gasteiger charge is 2.45. The fourth-order valence-electron chi connectivity index (χ4n) is 15.3. The van der Waals surface area contributed by atoms with Gasteiger partial charge in [-0.3, -0.25) is 0 Å². The molecule has 0 unspecified atom stereocenters. The fraction of sp³-hybridized carbons (Fsp3) is 0.178. The van der Waals surface area contributed by atoms with E-state index in [9.17, 15) is 10.5 Å². The molecule has 97 heavy (non-hydrogen) atoms. The molecule has 2 aliphatic rings. The number of nitrogens with zero attached hydrogens (tertiary/aromatic N) is 6. The summed E-state index contributed by atoms with van der Waals surface area (Å²) in [6, 6.07) is 96.8. The van der Waals surface area contributed by atoms with E-state index >= 15 is 0 Å². The minimum absolute atomic E-state index is 0.113. The van der Waals surface area contributed by atoms with Gasteiger partial charge in [-0.25, -0.2) is 0 Å². The molecule has 14 aromatic rings. The zero-order chi connectivity index (χ0) is 67.2. The van der Waals surface area contributed by atoms with Crippen molar-refractivity contribution in [3.8, 4) is 56.9 Å². The molecule has 0 atom stereocenters. The van der Waals surface area contributed by atoms with E-state index in [1.165, 1.54) is 22.3 Å². The normalized spacial score (nSPS) is 13.1. The molecule has 0 N–H and O–H groups in total. The summed E-state index contributed by atoms with van der Waals surface area (Å²) in [6.07, 6.45) is 0. The molecule has 4 heterocycles. The highest BCUT2D eigenvalue weighted by atomic mass is 15.2. The van der Waals surface area contributed by atoms with E-state index in [0.717, 1.165) is 139 Å². The van der Waals surface area contributed by atoms with Gasteiger partial charge in [0.05, 0.1) is 44.7 Å². The molecule has 6 nitrogen and oxygen atoms in total. The number of aromatic nitrogens is 2. The number of hydrogen-bond donors (Lipinski definition) is 0. The quantitative estimate of drug-likeness (QED) is 0.149. The number of rotatable bonds is 7. The average Bonchev–Trinajstić information content (AvgIpc) is 1.36. The zero-order valence-electron chi connectivity index (χ0n) is 57.4. The van der Waals surface area contributed by atoms with Crippen molar-refractivity contribution in [1.82, 2.24) is 9.13 Å². The molecule has 0 saturated carbocycles. The van der Waals surface area contributed by atoms with Gasteiger partial charge in [-0.2, -0.15) is 10.5 Å². The van der Waals surface area contributed by atoms with Crippen molar-refractivity contribution in [3.05, 3.63) is 282 Å². The average molecular weight is 1250 g/mol. The number of benzene rings is 12. The summed E-state index contributed by atoms with van der Waals surface area (Å²) in [5, 5.41) is 28.0. The van der Waals surface area contributed by atoms with Gasteiger partial charge >= 0.3 is 0 Å². The van der Waals surface area contributed by atoms with Gasteiger partial charge in [-0.1, -0.05) is 253 Å². The Morgan fingerprint density at radius 1 is 0.289 bits per heavy atom. The summed E-state index contributed by atoms with van der Waals surface area (Å²) in [6.45, 7) is 27.4. The predicted octanol–water partition coefficient (Wildman–Crippen LogP) is 21.9. The smallest absolute Gasteiger partial charge is 0.252 e. The summed E-state index contributed by atoms with van der Waals surface area (Å²) in [5.41, 5.74) is 27.2. The largest absolute Gasteiger partial charge is 0.311 e. The van der Waals surface area contributed by atoms with Crippen molar-refractivity contribution >= 4 is 101 Å². The van der Waals surface area contributed by atoms with Gasteiger partial charge in [0, 0.05) is 50.0 Å². The molecule has 470 valence electrons. The van der Waals surface area contributed by atoms with Crippen LogP contribution in [-0.2, 0) is 21.7 Å². The molecule has 0 bridgehead atoms. The van der Waals surface area contributed by atoms with Gasteiger partial charge in [0.2, 0.25) is 0 Å². The molecule has 12 aromatic carbocycles. The lowest BCUT2D eigenvalue weighted by Gasteiger charge is -2.45. The van der Waals surface area contributed by atoms with Gasteiger partial charge in [-0.15, -0.1) is 0 Å². The Balaban J connectivity index is 1.04. The lowest BCUT2D eigenvalue weighted by atomic mass is 9.33. The Morgan fingerprint density at radius 2 is 0.680 bits per heavy atom. The molecule has 0 aliphatic carbocycles. The Kier molecular flexibility index (Phi) is 13.9. The highest BCUT2D eigenvalue weighted by Crippen LogP contribution is 2.51. The summed E-state index contributed by atoms with van der Waals surface area (Å²) >= 11 is 0. The molecule has 2 aliphatic heterocycles. The standard InChI is InChI=1S/C90H77BN6/c1-87(2,3)63-43-60(44-64(51-63)88(4,5)6)57-38-41-73-82(47-57)94(67-40-37-59(54-92)81(53-67)96-77-33-22-18-29-70(77)71-30-19-23-34-78(71)96)84-49-62(56-25-14-13-15-26-56)50-85-86(84)91(73)74-42-39-58(61-45-65(89(7,8)9)52-66(46-61)90(10,11)12)48-83(74)97(85)80-36-24-35-79(72(80)55-93)95-75-31-20-16-27-68(75)69-28-17-21-32-76(69)95/h13-53H,1-12H3. The number of hydrogen-bond acceptors (Lipinski definition) is 4. The Labute approximate surface area is 570 Å². The van der Waals surface area contributed by atoms with Crippen LogP contribution in [0.4, 0.5) is 34.1 Å². The second kappa shape index (κ2) is 22.2. The van der Waals surface area contributed by atoms with Gasteiger partial charge in [0.25, 0.3) is 6.71 Å². The Bertz CT molecular complexity index is 5510. The van der Waals surface area contributed by atoms with E-state index in [4.69, 9.17) is 0 Å². The molecule has 0 radical (unpaired) electrons. The van der Waals surface area contributed by atoms with Crippen LogP contribution in [0.5, 0.6) is 0 Å². The maximum Gasteiger partial charge on any atom is 0.252 e. The third kappa shape index (κ3) is 9.97. The van der Waals surface area contributed by atoms with Crippen molar-refractivity contribution < 1.29 is 0 Å². The molecule has 2 aromatic heterocycles. The number of para-hydroxylation sites is 4. The van der Waals surface area contributed by atoms with Gasteiger partial charge in [-0.05, 0) is 173 Å². The van der Waals surface area contributed by atoms with Crippen LogP contribution in [0.15, 0.2) is 249 Å². The molecule has 7 heteroatoms. The predicted molar refractivity (Wildman–Crippen MR) is 410 cm³/mol. The van der Waals surface area contributed by atoms with E-state index in [1.807, 2.05) is 6.07 Å². The van der Waals surface area contributed by atoms with E-state index in [0.29, 0.717) is 11.1 Å². The van der Waals surface area contributed by atoms with Crippen molar-refractivity contribution in [3.63, 3.8) is 0 Å². The highest BCUT2D eigenvalue weighted by molar-refractivity contribution is 7.00. The summed E-state index contributed by atoms with van der Waals surface area (Å²) < 4.78 is 4.57.